The van der Waals surface area contributed by atoms with Crippen LogP contribution in [-0.4, -0.2) is 34.5 Å². The van der Waals surface area contributed by atoms with E-state index in [2.05, 4.69) is 16.2 Å². The number of halogens is 1. The number of nitrogens with zero attached hydrogens (tertiary/aromatic N) is 5. The van der Waals surface area contributed by atoms with Gasteiger partial charge < -0.3 is 10.5 Å². The first-order chi connectivity index (χ1) is 14.6. The van der Waals surface area contributed by atoms with Gasteiger partial charge in [-0.3, -0.25) is 4.68 Å². The lowest BCUT2D eigenvalue weighted by molar-refractivity contribution is 0.223. The fourth-order valence-electron chi connectivity index (χ4n) is 3.60. The zero-order valence-corrected chi connectivity index (χ0v) is 17.8. The van der Waals surface area contributed by atoms with Crippen LogP contribution in [-0.2, 0) is 23.6 Å². The summed E-state index contributed by atoms with van der Waals surface area (Å²) in [4.78, 5) is 4.08. The average Bonchev–Trinajstić information content (AvgIpc) is 3.03. The summed E-state index contributed by atoms with van der Waals surface area (Å²) in [5, 5.41) is 14.0. The Balaban J connectivity index is 2.03. The van der Waals surface area contributed by atoms with Crippen LogP contribution in [0.3, 0.4) is 0 Å². The number of nitrogens with two attached hydrogens (primary N) is 1. The van der Waals surface area contributed by atoms with E-state index in [1.165, 1.54) is 24.0 Å². The summed E-state index contributed by atoms with van der Waals surface area (Å²) in [5.74, 6) is -0.329. The second-order valence-corrected chi connectivity index (χ2v) is 9.23. The number of benzene rings is 1. The first kappa shape index (κ1) is 20.8. The topological polar surface area (TPSA) is 127 Å². The lowest BCUT2D eigenvalue weighted by Gasteiger charge is -2.24. The molecule has 1 atom stereocenters. The highest BCUT2D eigenvalue weighted by Gasteiger charge is 2.31. The maximum absolute atomic E-state index is 14.0. The van der Waals surface area contributed by atoms with Crippen molar-refractivity contribution in [3.63, 3.8) is 0 Å². The summed E-state index contributed by atoms with van der Waals surface area (Å²) < 4.78 is 49.1. The molecule has 0 radical (unpaired) electrons. The minimum absolute atomic E-state index is 0.0783. The number of aryl methyl sites for hydroxylation is 1. The molecule has 2 N–H and O–H groups in total. The van der Waals surface area contributed by atoms with Gasteiger partial charge in [-0.05, 0) is 31.2 Å². The predicted octanol–water partition coefficient (Wildman–Crippen LogP) is 2.35. The van der Waals surface area contributed by atoms with Gasteiger partial charge in [0.15, 0.2) is 11.6 Å². The third kappa shape index (κ3) is 3.39. The van der Waals surface area contributed by atoms with Crippen molar-refractivity contribution < 1.29 is 17.5 Å². The molecule has 31 heavy (non-hydrogen) atoms. The average molecular weight is 442 g/mol. The van der Waals surface area contributed by atoms with Gasteiger partial charge in [-0.2, -0.15) is 14.7 Å². The van der Waals surface area contributed by atoms with E-state index in [0.29, 0.717) is 16.8 Å². The van der Waals surface area contributed by atoms with Gasteiger partial charge in [-0.25, -0.2) is 17.8 Å². The van der Waals surface area contributed by atoms with Crippen LogP contribution in [0.2, 0.25) is 0 Å². The molecule has 1 aliphatic rings. The number of hydrogen-bond acceptors (Lipinski definition) is 7. The summed E-state index contributed by atoms with van der Waals surface area (Å²) in [7, 11) is -1.04. The number of aromatic nitrogens is 3. The number of fused-ring (bicyclic) bond motifs is 5. The molecule has 9 nitrogen and oxygen atoms in total. The first-order valence-electron chi connectivity index (χ1n) is 9.27. The van der Waals surface area contributed by atoms with Gasteiger partial charge in [0.05, 0.1) is 17.1 Å². The van der Waals surface area contributed by atoms with Crippen molar-refractivity contribution in [1.82, 2.24) is 19.1 Å². The number of ether oxygens (including phenoxy) is 1. The van der Waals surface area contributed by atoms with Crippen molar-refractivity contribution in [2.24, 2.45) is 7.05 Å². The number of rotatable bonds is 0. The van der Waals surface area contributed by atoms with Crippen molar-refractivity contribution in [3.8, 4) is 22.9 Å². The smallest absolute Gasteiger partial charge is 0.243 e. The molecule has 3 heterocycles. The van der Waals surface area contributed by atoms with Crippen molar-refractivity contribution in [1.29, 1.82) is 5.26 Å². The molecule has 3 aromatic rings. The third-order valence-electron chi connectivity index (χ3n) is 5.17. The van der Waals surface area contributed by atoms with Gasteiger partial charge in [0, 0.05) is 37.0 Å². The highest BCUT2D eigenvalue weighted by atomic mass is 32.2. The summed E-state index contributed by atoms with van der Waals surface area (Å²) in [6.45, 7) is 1.49. The summed E-state index contributed by atoms with van der Waals surface area (Å²) >= 11 is 0. The Hall–Kier alpha value is -3.49. The molecule has 2 aromatic heterocycles. The Morgan fingerprint density at radius 1 is 1.32 bits per heavy atom. The molecule has 0 aliphatic carbocycles. The lowest BCUT2D eigenvalue weighted by Crippen LogP contribution is -2.28. The second kappa shape index (κ2) is 7.33. The number of nitrogen functional groups attached to an aromatic ring is 1. The van der Waals surface area contributed by atoms with Crippen LogP contribution in [0.5, 0.6) is 5.75 Å². The zero-order chi connectivity index (χ0) is 22.5. The predicted molar refractivity (Wildman–Crippen MR) is 110 cm³/mol. The summed E-state index contributed by atoms with van der Waals surface area (Å²) in [5.41, 5.74) is 7.67. The van der Waals surface area contributed by atoms with Crippen LogP contribution < -0.4 is 10.5 Å². The molecule has 2 bridgehead atoms. The molecular formula is C20H19FN6O3S. The highest BCUT2D eigenvalue weighted by Crippen LogP contribution is 2.37. The standard InChI is InChI=1S/C20H19FN6O3S/c1-11-14-7-13(21)4-5-18(14)31(28,29)26(2)10-15-19(16(8-22)27(3)25-15)12-6-17(30-11)20(23)24-9-12/h4-7,9,11H,10H2,1-3H3,(H2,23,24). The molecule has 0 spiro atoms. The van der Waals surface area contributed by atoms with E-state index in [-0.39, 0.29) is 34.3 Å². The first-order valence-corrected chi connectivity index (χ1v) is 10.7. The molecule has 0 saturated carbocycles. The normalized spacial score (nSPS) is 18.0. The molecule has 0 fully saturated rings. The van der Waals surface area contributed by atoms with E-state index in [1.54, 1.807) is 20.0 Å². The molecule has 11 heteroatoms. The van der Waals surface area contributed by atoms with Gasteiger partial charge >= 0.3 is 0 Å². The number of nitriles is 1. The van der Waals surface area contributed by atoms with E-state index in [4.69, 9.17) is 10.5 Å². The lowest BCUT2D eigenvalue weighted by atomic mass is 10.0. The van der Waals surface area contributed by atoms with Crippen LogP contribution >= 0.6 is 0 Å². The molecule has 1 aromatic carbocycles. The van der Waals surface area contributed by atoms with Crippen LogP contribution in [0.15, 0.2) is 35.4 Å². The molecule has 0 saturated heterocycles. The van der Waals surface area contributed by atoms with E-state index in [1.807, 2.05) is 0 Å². The van der Waals surface area contributed by atoms with Crippen molar-refractivity contribution in [3.05, 3.63) is 53.2 Å². The van der Waals surface area contributed by atoms with Crippen LogP contribution in [0.25, 0.3) is 11.1 Å². The minimum Gasteiger partial charge on any atom is -0.482 e. The summed E-state index contributed by atoms with van der Waals surface area (Å²) in [6.07, 6.45) is 0.624. The van der Waals surface area contributed by atoms with E-state index < -0.39 is 21.9 Å². The minimum atomic E-state index is -4.03. The molecule has 160 valence electrons. The SMILES string of the molecule is CC1Oc2cc(cnc2N)-c2c(nn(C)c2C#N)CN(C)S(=O)(=O)c2ccc(F)cc21. The Morgan fingerprint density at radius 2 is 2.06 bits per heavy atom. The Labute approximate surface area is 178 Å². The van der Waals surface area contributed by atoms with E-state index in [0.717, 1.165) is 16.4 Å². The highest BCUT2D eigenvalue weighted by molar-refractivity contribution is 7.89. The maximum atomic E-state index is 14.0. The largest absolute Gasteiger partial charge is 0.482 e. The van der Waals surface area contributed by atoms with Crippen LogP contribution in [0.4, 0.5) is 10.2 Å². The van der Waals surface area contributed by atoms with Gasteiger partial charge in [0.25, 0.3) is 0 Å². The zero-order valence-electron chi connectivity index (χ0n) is 17.0. The van der Waals surface area contributed by atoms with Gasteiger partial charge in [0.2, 0.25) is 10.0 Å². The maximum Gasteiger partial charge on any atom is 0.243 e. The number of pyridine rings is 1. The van der Waals surface area contributed by atoms with Crippen molar-refractivity contribution in [2.45, 2.75) is 24.5 Å². The Morgan fingerprint density at radius 3 is 2.77 bits per heavy atom. The second-order valence-electron chi connectivity index (χ2n) is 7.22. The van der Waals surface area contributed by atoms with Gasteiger partial charge in [0.1, 0.15) is 23.7 Å². The third-order valence-corrected chi connectivity index (χ3v) is 7.05. The fraction of sp³-hybridized carbons (Fsp3) is 0.250. The quantitative estimate of drug-likeness (QED) is 0.566. The number of sulfonamides is 1. The molecular weight excluding hydrogens is 423 g/mol. The van der Waals surface area contributed by atoms with E-state index >= 15 is 0 Å². The van der Waals surface area contributed by atoms with Crippen molar-refractivity contribution >= 4 is 15.8 Å². The fourth-order valence-corrected chi connectivity index (χ4v) is 4.99. The van der Waals surface area contributed by atoms with Crippen molar-refractivity contribution in [2.75, 3.05) is 12.8 Å². The van der Waals surface area contributed by atoms with Crippen LogP contribution in [0, 0.1) is 17.1 Å². The molecule has 1 unspecified atom stereocenters. The van der Waals surface area contributed by atoms with Gasteiger partial charge in [-0.1, -0.05) is 0 Å². The van der Waals surface area contributed by atoms with Crippen LogP contribution in [0.1, 0.15) is 30.0 Å². The Kier molecular flexibility index (Phi) is 4.91. The number of hydrogen-bond donors (Lipinski definition) is 1. The number of anilines is 1. The summed E-state index contributed by atoms with van der Waals surface area (Å²) in [6, 6.07) is 7.14. The molecule has 0 amide bonds. The molecule has 1 aliphatic heterocycles. The van der Waals surface area contributed by atoms with Gasteiger partial charge in [-0.15, -0.1) is 0 Å². The Bertz CT molecular complexity index is 1350. The molecule has 4 rings (SSSR count). The van der Waals surface area contributed by atoms with E-state index in [9.17, 15) is 18.1 Å². The monoisotopic (exact) mass is 442 g/mol.